The van der Waals surface area contributed by atoms with Crippen LogP contribution in [0.25, 0.3) is 10.2 Å². The van der Waals surface area contributed by atoms with Gasteiger partial charge in [-0.15, -0.1) is 0 Å². The van der Waals surface area contributed by atoms with Crippen molar-refractivity contribution < 1.29 is 4.74 Å². The summed E-state index contributed by atoms with van der Waals surface area (Å²) < 4.78 is 11.7. The third kappa shape index (κ3) is 2.69. The highest BCUT2D eigenvalue weighted by Crippen LogP contribution is 2.28. The Labute approximate surface area is 133 Å². The first-order chi connectivity index (χ1) is 10.9. The molecule has 2 aromatic heterocycles. The average Bonchev–Trinajstić information content (AvgIpc) is 3.00. The van der Waals surface area contributed by atoms with Crippen molar-refractivity contribution in [1.82, 2.24) is 9.36 Å². The summed E-state index contributed by atoms with van der Waals surface area (Å²) in [6, 6.07) is 14.5. The summed E-state index contributed by atoms with van der Waals surface area (Å²) in [5.74, 6) is 1.00. The molecule has 4 rings (SSSR count). The molecule has 0 bridgehead atoms. The summed E-state index contributed by atoms with van der Waals surface area (Å²) >= 11 is 1.52. The van der Waals surface area contributed by atoms with E-state index in [1.807, 2.05) is 18.3 Å². The highest BCUT2D eigenvalue weighted by molar-refractivity contribution is 7.13. The van der Waals surface area contributed by atoms with Gasteiger partial charge in [0.05, 0.1) is 17.4 Å². The summed E-state index contributed by atoms with van der Waals surface area (Å²) in [6.45, 7) is 2.48. The number of hydrogen-bond acceptors (Lipinski definition) is 5. The predicted molar refractivity (Wildman–Crippen MR) is 89.5 cm³/mol. The van der Waals surface area contributed by atoms with Crippen LogP contribution in [0.4, 0.5) is 5.82 Å². The molecule has 0 N–H and O–H groups in total. The molecule has 1 aliphatic heterocycles. The van der Waals surface area contributed by atoms with Crippen molar-refractivity contribution in [2.75, 3.05) is 24.6 Å². The summed E-state index contributed by atoms with van der Waals surface area (Å²) in [5.41, 5.74) is 2.32. The lowest BCUT2D eigenvalue weighted by Crippen LogP contribution is -2.43. The zero-order chi connectivity index (χ0) is 14.8. The summed E-state index contributed by atoms with van der Waals surface area (Å²) in [6.07, 6.45) is 2.98. The molecule has 1 fully saturated rings. The third-order valence-corrected chi connectivity index (χ3v) is 4.75. The lowest BCUT2D eigenvalue weighted by Gasteiger charge is -2.33. The number of benzene rings is 1. The van der Waals surface area contributed by atoms with Crippen LogP contribution in [0.3, 0.4) is 0 Å². The van der Waals surface area contributed by atoms with Crippen LogP contribution < -0.4 is 4.90 Å². The number of aromatic nitrogens is 2. The zero-order valence-corrected chi connectivity index (χ0v) is 13.0. The van der Waals surface area contributed by atoms with E-state index < -0.39 is 0 Å². The van der Waals surface area contributed by atoms with Gasteiger partial charge in [0.2, 0.25) is 0 Å². The molecule has 1 aromatic carbocycles. The molecule has 0 saturated carbocycles. The van der Waals surface area contributed by atoms with Gasteiger partial charge in [-0.2, -0.15) is 4.37 Å². The molecule has 5 heteroatoms. The minimum Gasteiger partial charge on any atom is -0.374 e. The monoisotopic (exact) mass is 311 g/mol. The van der Waals surface area contributed by atoms with Crippen LogP contribution in [0, 0.1) is 0 Å². The molecular weight excluding hydrogens is 294 g/mol. The number of morpholine rings is 1. The molecule has 0 radical (unpaired) electrons. The normalized spacial score (nSPS) is 18.7. The van der Waals surface area contributed by atoms with E-state index in [1.54, 1.807) is 0 Å². The fourth-order valence-corrected chi connectivity index (χ4v) is 3.64. The summed E-state index contributed by atoms with van der Waals surface area (Å²) in [5, 5.41) is 0. The van der Waals surface area contributed by atoms with Crippen LogP contribution in [0.5, 0.6) is 0 Å². The Bertz CT molecular complexity index is 759. The standard InChI is InChI=1S/C17H17N3OS/c1-2-5-13(6-3-1)11-14-12-20(9-10-21-14)17-16-15(22-19-17)7-4-8-18-16/h1-8,14H,9-12H2. The van der Waals surface area contributed by atoms with Crippen molar-refractivity contribution in [1.29, 1.82) is 0 Å². The Morgan fingerprint density at radius 1 is 1.18 bits per heavy atom. The molecule has 112 valence electrons. The highest BCUT2D eigenvalue weighted by atomic mass is 32.1. The fraction of sp³-hybridized carbons (Fsp3) is 0.294. The molecule has 1 unspecified atom stereocenters. The second-order valence-corrected chi connectivity index (χ2v) is 6.29. The van der Waals surface area contributed by atoms with Gasteiger partial charge in [0.15, 0.2) is 5.82 Å². The van der Waals surface area contributed by atoms with Gasteiger partial charge in [0, 0.05) is 25.7 Å². The van der Waals surface area contributed by atoms with Crippen molar-refractivity contribution in [2.45, 2.75) is 12.5 Å². The molecule has 1 atom stereocenters. The fourth-order valence-electron chi connectivity index (χ4n) is 2.89. The van der Waals surface area contributed by atoms with Crippen molar-refractivity contribution in [3.8, 4) is 0 Å². The maximum absolute atomic E-state index is 5.94. The summed E-state index contributed by atoms with van der Waals surface area (Å²) in [7, 11) is 0. The van der Waals surface area contributed by atoms with Crippen LogP contribution >= 0.6 is 11.5 Å². The van der Waals surface area contributed by atoms with E-state index in [9.17, 15) is 0 Å². The first-order valence-electron chi connectivity index (χ1n) is 7.51. The minimum atomic E-state index is 0.205. The van der Waals surface area contributed by atoms with Crippen LogP contribution in [0.2, 0.25) is 0 Å². The van der Waals surface area contributed by atoms with Crippen LogP contribution in [-0.2, 0) is 11.2 Å². The molecule has 1 saturated heterocycles. The Kier molecular flexibility index (Phi) is 3.74. The first-order valence-corrected chi connectivity index (χ1v) is 8.28. The van der Waals surface area contributed by atoms with E-state index in [4.69, 9.17) is 4.74 Å². The largest absolute Gasteiger partial charge is 0.374 e. The Morgan fingerprint density at radius 2 is 2.09 bits per heavy atom. The topological polar surface area (TPSA) is 38.2 Å². The molecule has 0 spiro atoms. The van der Waals surface area contributed by atoms with E-state index >= 15 is 0 Å². The van der Waals surface area contributed by atoms with Crippen LogP contribution in [-0.4, -0.2) is 35.2 Å². The van der Waals surface area contributed by atoms with E-state index in [2.05, 4.69) is 44.6 Å². The van der Waals surface area contributed by atoms with Gasteiger partial charge in [-0.3, -0.25) is 4.98 Å². The van der Waals surface area contributed by atoms with Gasteiger partial charge in [0.1, 0.15) is 5.52 Å². The van der Waals surface area contributed by atoms with Crippen molar-refractivity contribution >= 4 is 27.6 Å². The van der Waals surface area contributed by atoms with Gasteiger partial charge >= 0.3 is 0 Å². The molecule has 3 heterocycles. The Morgan fingerprint density at radius 3 is 3.00 bits per heavy atom. The maximum atomic E-state index is 5.94. The maximum Gasteiger partial charge on any atom is 0.169 e. The summed E-state index contributed by atoms with van der Waals surface area (Å²) in [4.78, 5) is 6.80. The molecule has 0 amide bonds. The minimum absolute atomic E-state index is 0.205. The van der Waals surface area contributed by atoms with Crippen molar-refractivity contribution in [3.05, 3.63) is 54.2 Å². The van der Waals surface area contributed by atoms with Gasteiger partial charge in [-0.05, 0) is 29.2 Å². The first kappa shape index (κ1) is 13.7. The second kappa shape index (κ2) is 6.02. The molecule has 3 aromatic rings. The lowest BCUT2D eigenvalue weighted by atomic mass is 10.1. The third-order valence-electron chi connectivity index (χ3n) is 3.96. The number of pyridine rings is 1. The van der Waals surface area contributed by atoms with Gasteiger partial charge in [-0.25, -0.2) is 0 Å². The molecular formula is C17H17N3OS. The number of nitrogens with zero attached hydrogens (tertiary/aromatic N) is 3. The number of hydrogen-bond donors (Lipinski definition) is 0. The Hall–Kier alpha value is -1.98. The predicted octanol–water partition coefficient (Wildman–Crippen LogP) is 3.14. The smallest absolute Gasteiger partial charge is 0.169 e. The number of fused-ring (bicyclic) bond motifs is 1. The highest BCUT2D eigenvalue weighted by Gasteiger charge is 2.24. The quantitative estimate of drug-likeness (QED) is 0.745. The van der Waals surface area contributed by atoms with Crippen LogP contribution in [0.1, 0.15) is 5.56 Å². The van der Waals surface area contributed by atoms with E-state index in [1.165, 1.54) is 17.1 Å². The van der Waals surface area contributed by atoms with E-state index in [-0.39, 0.29) is 6.10 Å². The molecule has 4 nitrogen and oxygen atoms in total. The zero-order valence-electron chi connectivity index (χ0n) is 12.2. The van der Waals surface area contributed by atoms with Gasteiger partial charge in [0.25, 0.3) is 0 Å². The van der Waals surface area contributed by atoms with E-state index in [0.29, 0.717) is 0 Å². The lowest BCUT2D eigenvalue weighted by molar-refractivity contribution is 0.0409. The molecule has 22 heavy (non-hydrogen) atoms. The number of anilines is 1. The number of rotatable bonds is 3. The molecule has 1 aliphatic rings. The SMILES string of the molecule is c1ccc(CC2CN(c3nsc4cccnc34)CCO2)cc1. The van der Waals surface area contributed by atoms with Gasteiger partial charge in [-0.1, -0.05) is 30.3 Å². The number of ether oxygens (including phenoxy) is 1. The second-order valence-electron chi connectivity index (χ2n) is 5.48. The molecule has 0 aliphatic carbocycles. The Balaban J connectivity index is 1.53. The van der Waals surface area contributed by atoms with Crippen molar-refractivity contribution in [3.63, 3.8) is 0 Å². The van der Waals surface area contributed by atoms with Crippen LogP contribution in [0.15, 0.2) is 48.7 Å². The van der Waals surface area contributed by atoms with Crippen molar-refractivity contribution in [2.24, 2.45) is 0 Å². The van der Waals surface area contributed by atoms with E-state index in [0.717, 1.165) is 42.2 Å². The average molecular weight is 311 g/mol. The van der Waals surface area contributed by atoms with Gasteiger partial charge < -0.3 is 9.64 Å².